The number of nitrogens with zero attached hydrogens (tertiary/aromatic N) is 4. The Bertz CT molecular complexity index is 380. The van der Waals surface area contributed by atoms with Crippen molar-refractivity contribution in [3.05, 3.63) is 5.82 Å². The number of aromatic nitrogens is 3. The van der Waals surface area contributed by atoms with Crippen molar-refractivity contribution in [1.82, 2.24) is 19.7 Å². The van der Waals surface area contributed by atoms with Gasteiger partial charge in [-0.05, 0) is 20.5 Å². The minimum atomic E-state index is -0.840. The maximum absolute atomic E-state index is 10.5. The largest absolute Gasteiger partial charge is 0.481 e. The van der Waals surface area contributed by atoms with Crippen LogP contribution in [0.4, 0.5) is 0 Å². The van der Waals surface area contributed by atoms with Crippen molar-refractivity contribution in [1.29, 1.82) is 0 Å². The normalized spacial score (nSPS) is 11.1. The van der Waals surface area contributed by atoms with Gasteiger partial charge in [0.25, 0.3) is 0 Å². The lowest BCUT2D eigenvalue weighted by Crippen LogP contribution is -2.23. The van der Waals surface area contributed by atoms with Crippen LogP contribution in [0.1, 0.15) is 12.7 Å². The van der Waals surface area contributed by atoms with Crippen molar-refractivity contribution in [2.75, 3.05) is 25.9 Å². The topological polar surface area (TPSA) is 71.2 Å². The molecule has 1 heterocycles. The van der Waals surface area contributed by atoms with Gasteiger partial charge in [0.05, 0.1) is 5.75 Å². The molecule has 0 aromatic carbocycles. The Kier molecular flexibility index (Phi) is 5.43. The summed E-state index contributed by atoms with van der Waals surface area (Å²) in [6.07, 6.45) is 0. The fourth-order valence-corrected chi connectivity index (χ4v) is 2.01. The van der Waals surface area contributed by atoms with E-state index in [0.29, 0.717) is 5.16 Å². The lowest BCUT2D eigenvalue weighted by Gasteiger charge is -2.15. The van der Waals surface area contributed by atoms with Gasteiger partial charge in [0.15, 0.2) is 5.16 Å². The van der Waals surface area contributed by atoms with E-state index in [4.69, 9.17) is 5.11 Å². The van der Waals surface area contributed by atoms with Gasteiger partial charge in [-0.15, -0.1) is 10.2 Å². The Morgan fingerprint density at radius 1 is 1.53 bits per heavy atom. The van der Waals surface area contributed by atoms with E-state index in [9.17, 15) is 4.79 Å². The highest BCUT2D eigenvalue weighted by atomic mass is 32.2. The second-order valence-electron chi connectivity index (χ2n) is 3.76. The predicted octanol–water partition coefficient (Wildman–Crippen LogP) is 0.715. The molecule has 0 amide bonds. The molecule has 0 aliphatic heterocycles. The van der Waals surface area contributed by atoms with Crippen LogP contribution in [0.15, 0.2) is 5.16 Å². The number of carboxylic acid groups (broad SMARTS) is 1. The van der Waals surface area contributed by atoms with E-state index in [1.165, 1.54) is 11.8 Å². The van der Waals surface area contributed by atoms with E-state index in [0.717, 1.165) is 25.5 Å². The number of carboxylic acids is 1. The molecule has 0 radical (unpaired) electrons. The molecular weight excluding hydrogens is 240 g/mol. The van der Waals surface area contributed by atoms with Crippen LogP contribution in [0, 0.1) is 6.92 Å². The molecule has 1 aromatic heterocycles. The van der Waals surface area contributed by atoms with Crippen molar-refractivity contribution < 1.29 is 9.90 Å². The quantitative estimate of drug-likeness (QED) is 0.726. The summed E-state index contributed by atoms with van der Waals surface area (Å²) < 4.78 is 1.96. The van der Waals surface area contributed by atoms with Gasteiger partial charge in [-0.3, -0.25) is 4.79 Å². The first-order chi connectivity index (χ1) is 8.04. The van der Waals surface area contributed by atoms with Gasteiger partial charge in [-0.1, -0.05) is 18.7 Å². The standard InChI is InChI=1S/C10H18N4O2S/c1-4-13(3)5-6-14-8(2)11-12-10(14)17-7-9(15)16/h4-7H2,1-3H3,(H,15,16). The lowest BCUT2D eigenvalue weighted by molar-refractivity contribution is -0.133. The molecular formula is C10H18N4O2S. The van der Waals surface area contributed by atoms with Crippen LogP contribution >= 0.6 is 11.8 Å². The third kappa shape index (κ3) is 4.35. The van der Waals surface area contributed by atoms with E-state index in [-0.39, 0.29) is 5.75 Å². The highest BCUT2D eigenvalue weighted by molar-refractivity contribution is 7.99. The lowest BCUT2D eigenvalue weighted by atomic mass is 10.5. The summed E-state index contributed by atoms with van der Waals surface area (Å²) in [5.74, 6) is -0.00264. The van der Waals surface area contributed by atoms with Gasteiger partial charge < -0.3 is 14.6 Å². The fourth-order valence-electron chi connectivity index (χ4n) is 1.28. The second kappa shape index (κ2) is 6.61. The van der Waals surface area contributed by atoms with Gasteiger partial charge >= 0.3 is 5.97 Å². The molecule has 0 aliphatic carbocycles. The summed E-state index contributed by atoms with van der Waals surface area (Å²) in [7, 11) is 2.05. The minimum Gasteiger partial charge on any atom is -0.481 e. The van der Waals surface area contributed by atoms with Gasteiger partial charge in [-0.25, -0.2) is 0 Å². The number of hydrogen-bond donors (Lipinski definition) is 1. The molecule has 1 aromatic rings. The summed E-state index contributed by atoms with van der Waals surface area (Å²) in [6.45, 7) is 6.64. The number of aliphatic carboxylic acids is 1. The van der Waals surface area contributed by atoms with Crippen LogP contribution in [-0.2, 0) is 11.3 Å². The summed E-state index contributed by atoms with van der Waals surface area (Å²) in [4.78, 5) is 12.7. The third-order valence-corrected chi connectivity index (χ3v) is 3.42. The zero-order chi connectivity index (χ0) is 12.8. The van der Waals surface area contributed by atoms with Crippen LogP contribution in [0.25, 0.3) is 0 Å². The Balaban J connectivity index is 2.62. The van der Waals surface area contributed by atoms with E-state index >= 15 is 0 Å². The van der Waals surface area contributed by atoms with Crippen LogP contribution in [0.5, 0.6) is 0 Å². The predicted molar refractivity (Wildman–Crippen MR) is 66.3 cm³/mol. The summed E-state index contributed by atoms with van der Waals surface area (Å²) in [5, 5.41) is 17.3. The maximum Gasteiger partial charge on any atom is 0.313 e. The number of thioether (sulfide) groups is 1. The van der Waals surface area contributed by atoms with Crippen molar-refractivity contribution in [3.63, 3.8) is 0 Å². The molecule has 0 atom stereocenters. The molecule has 0 aliphatic rings. The van der Waals surface area contributed by atoms with Gasteiger partial charge in [0, 0.05) is 13.1 Å². The average molecular weight is 258 g/mol. The molecule has 0 unspecified atom stereocenters. The van der Waals surface area contributed by atoms with Crippen molar-refractivity contribution in [3.8, 4) is 0 Å². The Morgan fingerprint density at radius 2 is 2.24 bits per heavy atom. The van der Waals surface area contributed by atoms with E-state index in [1.54, 1.807) is 0 Å². The Morgan fingerprint density at radius 3 is 2.82 bits per heavy atom. The van der Waals surface area contributed by atoms with Gasteiger partial charge in [0.2, 0.25) is 0 Å². The Labute approximate surface area is 105 Å². The van der Waals surface area contributed by atoms with Crippen LogP contribution in [0.3, 0.4) is 0 Å². The van der Waals surface area contributed by atoms with Crippen LogP contribution in [-0.4, -0.2) is 56.6 Å². The molecule has 0 spiro atoms. The second-order valence-corrected chi connectivity index (χ2v) is 4.70. The zero-order valence-electron chi connectivity index (χ0n) is 10.4. The molecule has 0 saturated carbocycles. The van der Waals surface area contributed by atoms with E-state index in [1.807, 2.05) is 18.5 Å². The number of rotatable bonds is 7. The smallest absolute Gasteiger partial charge is 0.313 e. The molecule has 0 bridgehead atoms. The maximum atomic E-state index is 10.5. The molecule has 6 nitrogen and oxygen atoms in total. The number of aryl methyl sites for hydroxylation is 1. The third-order valence-electron chi connectivity index (χ3n) is 2.47. The minimum absolute atomic E-state index is 0.0156. The van der Waals surface area contributed by atoms with Crippen molar-refractivity contribution in [2.24, 2.45) is 0 Å². The first kappa shape index (κ1) is 14.0. The van der Waals surface area contributed by atoms with E-state index < -0.39 is 5.97 Å². The highest BCUT2D eigenvalue weighted by Crippen LogP contribution is 2.16. The molecule has 0 fully saturated rings. The van der Waals surface area contributed by atoms with Crippen molar-refractivity contribution in [2.45, 2.75) is 25.5 Å². The molecule has 7 heteroatoms. The average Bonchev–Trinajstić information content (AvgIpc) is 2.64. The Hall–Kier alpha value is -1.08. The van der Waals surface area contributed by atoms with Gasteiger partial charge in [0.1, 0.15) is 5.82 Å². The summed E-state index contributed by atoms with van der Waals surface area (Å²) >= 11 is 1.21. The number of hydrogen-bond acceptors (Lipinski definition) is 5. The van der Waals surface area contributed by atoms with Gasteiger partial charge in [-0.2, -0.15) is 0 Å². The summed E-state index contributed by atoms with van der Waals surface area (Å²) in [6, 6.07) is 0. The first-order valence-corrected chi connectivity index (χ1v) is 6.46. The van der Waals surface area contributed by atoms with Crippen molar-refractivity contribution >= 4 is 17.7 Å². The SMILES string of the molecule is CCN(C)CCn1c(C)nnc1SCC(=O)O. The molecule has 17 heavy (non-hydrogen) atoms. The molecule has 1 N–H and O–H groups in total. The fraction of sp³-hybridized carbons (Fsp3) is 0.700. The molecule has 0 saturated heterocycles. The first-order valence-electron chi connectivity index (χ1n) is 5.47. The molecule has 1 rings (SSSR count). The highest BCUT2D eigenvalue weighted by Gasteiger charge is 2.11. The number of carbonyl (C=O) groups is 1. The summed E-state index contributed by atoms with van der Waals surface area (Å²) in [5.41, 5.74) is 0. The zero-order valence-corrected chi connectivity index (χ0v) is 11.2. The molecule has 96 valence electrons. The van der Waals surface area contributed by atoms with Crippen LogP contribution < -0.4 is 0 Å². The monoisotopic (exact) mass is 258 g/mol. The van der Waals surface area contributed by atoms with Crippen LogP contribution in [0.2, 0.25) is 0 Å². The van der Waals surface area contributed by atoms with E-state index in [2.05, 4.69) is 22.0 Å². The number of likely N-dealkylation sites (N-methyl/N-ethyl adjacent to an activating group) is 1.